The number of piperidine rings is 1. The van der Waals surface area contributed by atoms with Crippen LogP contribution in [-0.2, 0) is 9.84 Å². The van der Waals surface area contributed by atoms with Crippen LogP contribution in [0.5, 0.6) is 0 Å². The van der Waals surface area contributed by atoms with Gasteiger partial charge in [-0.3, -0.25) is 4.79 Å². The first-order chi connectivity index (χ1) is 10.0. The summed E-state index contributed by atoms with van der Waals surface area (Å²) in [5, 5.41) is 6.16. The first-order valence-corrected chi connectivity index (χ1v) is 9.00. The van der Waals surface area contributed by atoms with Crippen molar-refractivity contribution in [3.63, 3.8) is 0 Å². The highest BCUT2D eigenvalue weighted by Gasteiger charge is 2.21. The summed E-state index contributed by atoms with van der Waals surface area (Å²) < 4.78 is 24.1. The van der Waals surface area contributed by atoms with Gasteiger partial charge in [0.25, 0.3) is 5.91 Å². The van der Waals surface area contributed by atoms with E-state index in [0.717, 1.165) is 25.9 Å². The second-order valence-corrected chi connectivity index (χ2v) is 7.57. The van der Waals surface area contributed by atoms with E-state index in [1.54, 1.807) is 25.1 Å². The Bertz CT molecular complexity index is 599. The van der Waals surface area contributed by atoms with Crippen LogP contribution in [0.3, 0.4) is 0 Å². The lowest BCUT2D eigenvalue weighted by molar-refractivity contribution is 0.0941. The molecule has 1 saturated heterocycles. The van der Waals surface area contributed by atoms with Crippen molar-refractivity contribution >= 4 is 28.2 Å². The monoisotopic (exact) mass is 346 g/mol. The zero-order valence-electron chi connectivity index (χ0n) is 12.7. The van der Waals surface area contributed by atoms with Gasteiger partial charge in [0.15, 0.2) is 9.84 Å². The number of benzene rings is 1. The minimum absolute atomic E-state index is 0. The molecule has 0 radical (unpaired) electrons. The molecule has 0 spiro atoms. The van der Waals surface area contributed by atoms with Crippen LogP contribution in [-0.4, -0.2) is 39.7 Å². The molecule has 0 saturated carbocycles. The summed E-state index contributed by atoms with van der Waals surface area (Å²) in [7, 11) is -3.39. The third-order valence-corrected chi connectivity index (χ3v) is 5.58. The van der Waals surface area contributed by atoms with Gasteiger partial charge in [-0.25, -0.2) is 8.42 Å². The van der Waals surface area contributed by atoms with E-state index in [9.17, 15) is 13.2 Å². The normalized spacial score (nSPS) is 18.3. The molecule has 1 aliphatic rings. The van der Waals surface area contributed by atoms with E-state index in [4.69, 9.17) is 0 Å². The zero-order valence-corrected chi connectivity index (χ0v) is 14.3. The van der Waals surface area contributed by atoms with E-state index in [2.05, 4.69) is 10.6 Å². The number of carbonyl (C=O) groups excluding carboxylic acids is 1. The second-order valence-electron chi connectivity index (χ2n) is 5.32. The number of hydrogen-bond acceptors (Lipinski definition) is 4. The molecule has 1 atom stereocenters. The van der Waals surface area contributed by atoms with Crippen molar-refractivity contribution in [3.8, 4) is 0 Å². The van der Waals surface area contributed by atoms with Gasteiger partial charge >= 0.3 is 0 Å². The fraction of sp³-hybridized carbons (Fsp3) is 0.533. The summed E-state index contributed by atoms with van der Waals surface area (Å²) in [5.74, 6) is 0.0926. The van der Waals surface area contributed by atoms with Crippen LogP contribution in [0.25, 0.3) is 0 Å². The summed E-state index contributed by atoms with van der Waals surface area (Å²) in [6, 6.07) is 6.39. The van der Waals surface area contributed by atoms with E-state index in [-0.39, 0.29) is 34.5 Å². The molecule has 0 bridgehead atoms. The number of hydrogen-bond donors (Lipinski definition) is 2. The third-order valence-electron chi connectivity index (χ3n) is 3.80. The number of carbonyl (C=O) groups is 1. The van der Waals surface area contributed by atoms with Crippen molar-refractivity contribution in [2.45, 2.75) is 24.7 Å². The van der Waals surface area contributed by atoms with E-state index in [1.165, 1.54) is 6.07 Å². The number of rotatable bonds is 5. The third kappa shape index (κ3) is 4.69. The highest BCUT2D eigenvalue weighted by Crippen LogP contribution is 2.17. The fourth-order valence-corrected chi connectivity index (χ4v) is 3.60. The van der Waals surface area contributed by atoms with Crippen LogP contribution in [0.15, 0.2) is 29.2 Å². The van der Waals surface area contributed by atoms with Crippen LogP contribution in [0.4, 0.5) is 0 Å². The van der Waals surface area contributed by atoms with Crippen LogP contribution >= 0.6 is 12.4 Å². The molecule has 1 aromatic rings. The Kier molecular flexibility index (Phi) is 7.32. The highest BCUT2D eigenvalue weighted by molar-refractivity contribution is 7.91. The lowest BCUT2D eigenvalue weighted by Gasteiger charge is -2.23. The Hall–Kier alpha value is -1.11. The molecule has 0 aliphatic carbocycles. The maximum Gasteiger partial charge on any atom is 0.252 e. The van der Waals surface area contributed by atoms with Gasteiger partial charge < -0.3 is 10.6 Å². The van der Waals surface area contributed by atoms with Crippen LogP contribution < -0.4 is 10.6 Å². The van der Waals surface area contributed by atoms with Crippen molar-refractivity contribution in [1.29, 1.82) is 0 Å². The van der Waals surface area contributed by atoms with Gasteiger partial charge in [-0.15, -0.1) is 12.4 Å². The molecule has 2 N–H and O–H groups in total. The average molecular weight is 347 g/mol. The highest BCUT2D eigenvalue weighted by atomic mass is 35.5. The molecule has 1 amide bonds. The molecule has 1 aliphatic heterocycles. The summed E-state index contributed by atoms with van der Waals surface area (Å²) in [6.45, 7) is 4.08. The molecular weight excluding hydrogens is 324 g/mol. The smallest absolute Gasteiger partial charge is 0.252 e. The summed E-state index contributed by atoms with van der Waals surface area (Å²) in [6.07, 6.45) is 2.20. The molecule has 0 aromatic heterocycles. The first kappa shape index (κ1) is 18.9. The van der Waals surface area contributed by atoms with Crippen LogP contribution in [0.1, 0.15) is 30.1 Å². The molecule has 2 rings (SSSR count). The largest absolute Gasteiger partial charge is 0.352 e. The molecule has 7 heteroatoms. The average Bonchev–Trinajstić information content (AvgIpc) is 2.53. The Morgan fingerprint density at radius 1 is 1.36 bits per heavy atom. The number of amides is 1. The van der Waals surface area contributed by atoms with E-state index < -0.39 is 9.84 Å². The van der Waals surface area contributed by atoms with Crippen molar-refractivity contribution in [2.24, 2.45) is 5.92 Å². The van der Waals surface area contributed by atoms with Crippen molar-refractivity contribution < 1.29 is 13.2 Å². The Morgan fingerprint density at radius 3 is 2.73 bits per heavy atom. The molecular formula is C15H23ClN2O3S. The Morgan fingerprint density at radius 2 is 2.09 bits per heavy atom. The predicted octanol–water partition coefficient (Wildman–Crippen LogP) is 1.63. The van der Waals surface area contributed by atoms with Gasteiger partial charge in [0.1, 0.15) is 0 Å². The first-order valence-electron chi connectivity index (χ1n) is 7.35. The number of nitrogens with one attached hydrogen (secondary N) is 2. The molecule has 1 aromatic carbocycles. The Balaban J connectivity index is 0.00000242. The standard InChI is InChI=1S/C15H22N2O3S.ClH/c1-2-21(19,20)14-8-4-3-7-13(14)15(18)17-11-12-6-5-9-16-10-12;/h3-4,7-8,12,16H,2,5-6,9-11H2,1H3,(H,17,18);1H. The van der Waals surface area contributed by atoms with E-state index in [1.807, 2.05) is 0 Å². The van der Waals surface area contributed by atoms with Crippen LogP contribution in [0, 0.1) is 5.92 Å². The topological polar surface area (TPSA) is 75.3 Å². The van der Waals surface area contributed by atoms with Crippen LogP contribution in [0.2, 0.25) is 0 Å². The molecule has 22 heavy (non-hydrogen) atoms. The molecule has 124 valence electrons. The van der Waals surface area contributed by atoms with E-state index >= 15 is 0 Å². The summed E-state index contributed by atoms with van der Waals surface area (Å²) in [5.41, 5.74) is 0.239. The maximum atomic E-state index is 12.3. The van der Waals surface area contributed by atoms with Crippen molar-refractivity contribution in [1.82, 2.24) is 10.6 Å². The van der Waals surface area contributed by atoms with Gasteiger partial charge in [-0.05, 0) is 44.0 Å². The maximum absolute atomic E-state index is 12.3. The SMILES string of the molecule is CCS(=O)(=O)c1ccccc1C(=O)NCC1CCCNC1.Cl. The van der Waals surface area contributed by atoms with Gasteiger partial charge in [0, 0.05) is 6.54 Å². The lowest BCUT2D eigenvalue weighted by atomic mass is 10.00. The summed E-state index contributed by atoms with van der Waals surface area (Å²) in [4.78, 5) is 12.4. The second kappa shape index (κ2) is 8.50. The zero-order chi connectivity index (χ0) is 15.3. The minimum atomic E-state index is -3.39. The van der Waals surface area contributed by atoms with Crippen molar-refractivity contribution in [3.05, 3.63) is 29.8 Å². The molecule has 1 fully saturated rings. The predicted molar refractivity (Wildman–Crippen MR) is 89.3 cm³/mol. The minimum Gasteiger partial charge on any atom is -0.352 e. The molecule has 1 heterocycles. The molecule has 1 unspecified atom stereocenters. The summed E-state index contributed by atoms with van der Waals surface area (Å²) >= 11 is 0. The van der Waals surface area contributed by atoms with E-state index in [0.29, 0.717) is 12.5 Å². The number of sulfone groups is 1. The van der Waals surface area contributed by atoms with Crippen molar-refractivity contribution in [2.75, 3.05) is 25.4 Å². The molecule has 5 nitrogen and oxygen atoms in total. The lowest BCUT2D eigenvalue weighted by Crippen LogP contribution is -2.38. The quantitative estimate of drug-likeness (QED) is 0.849. The van der Waals surface area contributed by atoms with Gasteiger partial charge in [0.2, 0.25) is 0 Å². The van der Waals surface area contributed by atoms with Gasteiger partial charge in [-0.2, -0.15) is 0 Å². The number of halogens is 1. The van der Waals surface area contributed by atoms with Gasteiger partial charge in [0.05, 0.1) is 16.2 Å². The fourth-order valence-electron chi connectivity index (χ4n) is 2.51. The van der Waals surface area contributed by atoms with Gasteiger partial charge in [-0.1, -0.05) is 19.1 Å². The Labute approximate surface area is 138 Å².